The Hall–Kier alpha value is -0.310. The molecular weight excluding hydrogens is 256 g/mol. The molecule has 0 aliphatic rings. The number of unbranched alkanes of at least 4 members (excludes halogenated alkanes) is 6. The van der Waals surface area contributed by atoms with Gasteiger partial charge in [-0.15, -0.1) is 6.58 Å². The number of carbonyl (C=O) groups excluding carboxylic acids is 1. The molecule has 0 aliphatic carbocycles. The number of allylic oxidation sites excluding steroid dienone is 1. The smallest absolute Gasteiger partial charge is 0.316 e. The van der Waals surface area contributed by atoms with Crippen LogP contribution in [0.4, 0.5) is 0 Å². The molecule has 0 heterocycles. The van der Waals surface area contributed by atoms with Crippen LogP contribution < -0.4 is 0 Å². The Morgan fingerprint density at radius 1 is 1.13 bits per heavy atom. The summed E-state index contributed by atoms with van der Waals surface area (Å²) in [6.45, 7) is 4.26. The van der Waals surface area contributed by atoms with Gasteiger partial charge in [0, 0.05) is 0 Å². The predicted molar refractivity (Wildman–Crippen MR) is 67.3 cm³/mol. The van der Waals surface area contributed by atoms with Crippen LogP contribution in [0, 0.1) is 0 Å². The summed E-state index contributed by atoms with van der Waals surface area (Å²) in [5.74, 6) is -0.166. The maximum Gasteiger partial charge on any atom is 0.316 e. The van der Waals surface area contributed by atoms with E-state index in [1.165, 1.54) is 25.7 Å². The summed E-state index contributed by atoms with van der Waals surface area (Å²) in [5.41, 5.74) is 0. The fourth-order valence-corrected chi connectivity index (χ4v) is 1.48. The zero-order valence-corrected chi connectivity index (χ0v) is 10.9. The number of esters is 1. The van der Waals surface area contributed by atoms with Crippen molar-refractivity contribution in [2.24, 2.45) is 0 Å². The zero-order chi connectivity index (χ0) is 11.4. The standard InChI is InChI=1S/C12H21BrO2/c1-2-3-4-5-6-7-8-9-10-15-12(14)11-13/h2H,1,3-11H2. The number of hydrogen-bond acceptors (Lipinski definition) is 2. The first-order valence-electron chi connectivity index (χ1n) is 5.63. The van der Waals surface area contributed by atoms with E-state index in [0.29, 0.717) is 11.9 Å². The summed E-state index contributed by atoms with van der Waals surface area (Å²) in [7, 11) is 0. The molecule has 0 aromatic heterocycles. The van der Waals surface area contributed by atoms with Crippen molar-refractivity contribution in [1.82, 2.24) is 0 Å². The lowest BCUT2D eigenvalue weighted by Gasteiger charge is -2.02. The van der Waals surface area contributed by atoms with Crippen LogP contribution in [0.25, 0.3) is 0 Å². The average molecular weight is 277 g/mol. The van der Waals surface area contributed by atoms with Gasteiger partial charge >= 0.3 is 5.97 Å². The first-order valence-corrected chi connectivity index (χ1v) is 6.76. The molecule has 15 heavy (non-hydrogen) atoms. The summed E-state index contributed by atoms with van der Waals surface area (Å²) in [4.78, 5) is 10.7. The number of ether oxygens (including phenoxy) is 1. The van der Waals surface area contributed by atoms with Crippen LogP contribution in [0.15, 0.2) is 12.7 Å². The first-order chi connectivity index (χ1) is 7.31. The van der Waals surface area contributed by atoms with Crippen molar-refractivity contribution >= 4 is 21.9 Å². The van der Waals surface area contributed by atoms with Crippen molar-refractivity contribution in [2.45, 2.75) is 44.9 Å². The molecule has 0 saturated heterocycles. The molecule has 3 heteroatoms. The average Bonchev–Trinajstić information content (AvgIpc) is 2.26. The number of hydrogen-bond donors (Lipinski definition) is 0. The van der Waals surface area contributed by atoms with E-state index in [1.807, 2.05) is 6.08 Å². The van der Waals surface area contributed by atoms with Gasteiger partial charge in [-0.2, -0.15) is 0 Å². The van der Waals surface area contributed by atoms with Gasteiger partial charge in [0.15, 0.2) is 0 Å². The van der Waals surface area contributed by atoms with Gasteiger partial charge in [-0.25, -0.2) is 0 Å². The van der Waals surface area contributed by atoms with E-state index in [-0.39, 0.29) is 5.97 Å². The highest BCUT2D eigenvalue weighted by molar-refractivity contribution is 9.09. The zero-order valence-electron chi connectivity index (χ0n) is 9.34. The molecule has 0 N–H and O–H groups in total. The summed E-state index contributed by atoms with van der Waals surface area (Å²) in [5, 5.41) is 0.300. The lowest BCUT2D eigenvalue weighted by molar-refractivity contribution is -0.140. The van der Waals surface area contributed by atoms with Gasteiger partial charge in [-0.05, 0) is 19.3 Å². The maximum atomic E-state index is 10.7. The summed E-state index contributed by atoms with van der Waals surface area (Å²) in [6.07, 6.45) is 10.3. The molecule has 0 atom stereocenters. The quantitative estimate of drug-likeness (QED) is 0.262. The van der Waals surface area contributed by atoms with Gasteiger partial charge in [-0.3, -0.25) is 4.79 Å². The molecule has 2 nitrogen and oxygen atoms in total. The number of alkyl halides is 1. The third-order valence-corrected chi connectivity index (χ3v) is 2.63. The Kier molecular flexibility index (Phi) is 11.5. The van der Waals surface area contributed by atoms with Crippen LogP contribution >= 0.6 is 15.9 Å². The van der Waals surface area contributed by atoms with Crippen molar-refractivity contribution in [3.05, 3.63) is 12.7 Å². The molecule has 0 unspecified atom stereocenters. The molecule has 0 aromatic rings. The normalized spacial score (nSPS) is 9.93. The van der Waals surface area contributed by atoms with Gasteiger partial charge < -0.3 is 4.74 Å². The molecule has 0 bridgehead atoms. The molecule has 0 aliphatic heterocycles. The van der Waals surface area contributed by atoms with E-state index in [1.54, 1.807) is 0 Å². The fraction of sp³-hybridized carbons (Fsp3) is 0.750. The monoisotopic (exact) mass is 276 g/mol. The molecule has 0 radical (unpaired) electrons. The minimum atomic E-state index is -0.166. The van der Waals surface area contributed by atoms with Gasteiger partial charge in [0.05, 0.1) is 6.61 Å². The highest BCUT2D eigenvalue weighted by Crippen LogP contribution is 2.07. The van der Waals surface area contributed by atoms with Crippen LogP contribution in [0.3, 0.4) is 0 Å². The number of rotatable bonds is 10. The third-order valence-electron chi connectivity index (χ3n) is 2.17. The number of carbonyl (C=O) groups is 1. The second-order valence-electron chi connectivity index (χ2n) is 3.55. The molecule has 88 valence electrons. The third kappa shape index (κ3) is 11.6. The summed E-state index contributed by atoms with van der Waals surface area (Å²) >= 11 is 3.05. The van der Waals surface area contributed by atoms with Crippen molar-refractivity contribution in [1.29, 1.82) is 0 Å². The Morgan fingerprint density at radius 2 is 1.73 bits per heavy atom. The number of halogens is 1. The van der Waals surface area contributed by atoms with E-state index in [9.17, 15) is 4.79 Å². The molecule has 0 aromatic carbocycles. The highest BCUT2D eigenvalue weighted by atomic mass is 79.9. The second kappa shape index (κ2) is 11.8. The minimum absolute atomic E-state index is 0.166. The SMILES string of the molecule is C=CCCCCCCCCOC(=O)CBr. The van der Waals surface area contributed by atoms with Crippen LogP contribution in [0.5, 0.6) is 0 Å². The fourth-order valence-electron chi connectivity index (χ4n) is 1.32. The van der Waals surface area contributed by atoms with Crippen LogP contribution in [0.2, 0.25) is 0 Å². The Morgan fingerprint density at radius 3 is 2.33 bits per heavy atom. The van der Waals surface area contributed by atoms with E-state index in [2.05, 4.69) is 22.5 Å². The summed E-state index contributed by atoms with van der Waals surface area (Å²) < 4.78 is 4.94. The lowest BCUT2D eigenvalue weighted by Crippen LogP contribution is -2.06. The van der Waals surface area contributed by atoms with Gasteiger partial charge in [0.1, 0.15) is 5.33 Å². The molecule has 0 spiro atoms. The van der Waals surface area contributed by atoms with Gasteiger partial charge in [-0.1, -0.05) is 47.7 Å². The van der Waals surface area contributed by atoms with Crippen molar-refractivity contribution in [3.8, 4) is 0 Å². The van der Waals surface area contributed by atoms with E-state index in [0.717, 1.165) is 19.3 Å². The highest BCUT2D eigenvalue weighted by Gasteiger charge is 1.97. The van der Waals surface area contributed by atoms with Crippen molar-refractivity contribution < 1.29 is 9.53 Å². The topological polar surface area (TPSA) is 26.3 Å². The van der Waals surface area contributed by atoms with Crippen molar-refractivity contribution in [3.63, 3.8) is 0 Å². The predicted octanol–water partition coefficient (Wildman–Crippen LogP) is 3.84. The van der Waals surface area contributed by atoms with Crippen LogP contribution in [0.1, 0.15) is 44.9 Å². The van der Waals surface area contributed by atoms with Gasteiger partial charge in [0.25, 0.3) is 0 Å². The molecule has 0 fully saturated rings. The molecule has 0 saturated carbocycles. The largest absolute Gasteiger partial charge is 0.465 e. The molecule has 0 amide bonds. The summed E-state index contributed by atoms with van der Waals surface area (Å²) in [6, 6.07) is 0. The Labute approximate surface area is 101 Å². The van der Waals surface area contributed by atoms with Crippen molar-refractivity contribution in [2.75, 3.05) is 11.9 Å². The van der Waals surface area contributed by atoms with Crippen LogP contribution in [-0.2, 0) is 9.53 Å². The lowest BCUT2D eigenvalue weighted by atomic mass is 10.1. The molecule has 0 rings (SSSR count). The second-order valence-corrected chi connectivity index (χ2v) is 4.11. The van der Waals surface area contributed by atoms with E-state index >= 15 is 0 Å². The van der Waals surface area contributed by atoms with E-state index in [4.69, 9.17) is 4.74 Å². The maximum absolute atomic E-state index is 10.7. The van der Waals surface area contributed by atoms with E-state index < -0.39 is 0 Å². The Balaban J connectivity index is 2.98. The van der Waals surface area contributed by atoms with Gasteiger partial charge in [0.2, 0.25) is 0 Å². The Bertz CT molecular complexity index is 169. The minimum Gasteiger partial charge on any atom is -0.465 e. The molecular formula is C12H21BrO2. The van der Waals surface area contributed by atoms with Crippen LogP contribution in [-0.4, -0.2) is 17.9 Å². The first kappa shape index (κ1) is 14.7.